The highest BCUT2D eigenvalue weighted by molar-refractivity contribution is 5.44. The lowest BCUT2D eigenvalue weighted by Crippen LogP contribution is -2.34. The first-order valence-corrected chi connectivity index (χ1v) is 6.13. The summed E-state index contributed by atoms with van der Waals surface area (Å²) < 4.78 is 5.50. The average Bonchev–Trinajstić information content (AvgIpc) is 3.18. The van der Waals surface area contributed by atoms with E-state index in [-0.39, 0.29) is 18.3 Å². The maximum atomic E-state index is 10.7. The Balaban J connectivity index is 1.93. The average molecular weight is 261 g/mol. The monoisotopic (exact) mass is 261 g/mol. The number of nitrogens with one attached hydrogen (secondary N) is 1. The van der Waals surface area contributed by atoms with E-state index in [4.69, 9.17) is 10.00 Å². The van der Waals surface area contributed by atoms with Crippen LogP contribution in [0.15, 0.2) is 18.2 Å². The Hall–Kier alpha value is -2.13. The van der Waals surface area contributed by atoms with Crippen molar-refractivity contribution >= 4 is 5.69 Å². The van der Waals surface area contributed by atoms with Gasteiger partial charge in [0, 0.05) is 17.7 Å². The largest absolute Gasteiger partial charge is 0.491 e. The van der Waals surface area contributed by atoms with Crippen LogP contribution < -0.4 is 10.1 Å². The SMILES string of the molecule is Cc1cc(OCC(C#N)NC2CC2)ccc1[N+](=O)[O-]. The van der Waals surface area contributed by atoms with E-state index in [1.165, 1.54) is 6.07 Å². The first-order valence-electron chi connectivity index (χ1n) is 6.13. The predicted molar refractivity (Wildman–Crippen MR) is 68.9 cm³/mol. The fourth-order valence-electron chi connectivity index (χ4n) is 1.76. The summed E-state index contributed by atoms with van der Waals surface area (Å²) in [7, 11) is 0. The molecule has 2 rings (SSSR count). The predicted octanol–water partition coefficient (Wildman–Crippen LogP) is 1.93. The molecule has 0 amide bonds. The van der Waals surface area contributed by atoms with Gasteiger partial charge in [-0.05, 0) is 31.9 Å². The fraction of sp³-hybridized carbons (Fsp3) is 0.462. The molecule has 0 saturated heterocycles. The van der Waals surface area contributed by atoms with E-state index >= 15 is 0 Å². The number of aryl methyl sites for hydroxylation is 1. The lowest BCUT2D eigenvalue weighted by molar-refractivity contribution is -0.385. The highest BCUT2D eigenvalue weighted by Crippen LogP contribution is 2.23. The maximum absolute atomic E-state index is 10.7. The van der Waals surface area contributed by atoms with Gasteiger partial charge in [0.1, 0.15) is 18.4 Å². The summed E-state index contributed by atoms with van der Waals surface area (Å²) in [5, 5.41) is 22.8. The highest BCUT2D eigenvalue weighted by Gasteiger charge is 2.24. The Labute approximate surface area is 111 Å². The van der Waals surface area contributed by atoms with Crippen molar-refractivity contribution in [2.45, 2.75) is 31.8 Å². The number of nitro groups is 1. The van der Waals surface area contributed by atoms with Crippen LogP contribution in [-0.2, 0) is 0 Å². The molecule has 0 aromatic heterocycles. The molecular weight excluding hydrogens is 246 g/mol. The smallest absolute Gasteiger partial charge is 0.272 e. The van der Waals surface area contributed by atoms with E-state index in [0.717, 1.165) is 12.8 Å². The molecule has 1 aliphatic rings. The minimum absolute atomic E-state index is 0.0697. The zero-order valence-corrected chi connectivity index (χ0v) is 10.6. The molecule has 1 aliphatic carbocycles. The van der Waals surface area contributed by atoms with Crippen LogP contribution in [0.3, 0.4) is 0 Å². The van der Waals surface area contributed by atoms with E-state index in [1.807, 2.05) is 0 Å². The Morgan fingerprint density at radius 1 is 1.63 bits per heavy atom. The molecule has 0 spiro atoms. The summed E-state index contributed by atoms with van der Waals surface area (Å²) in [6.45, 7) is 1.90. The van der Waals surface area contributed by atoms with Crippen LogP contribution in [0.25, 0.3) is 0 Å². The van der Waals surface area contributed by atoms with E-state index in [0.29, 0.717) is 17.4 Å². The second-order valence-electron chi connectivity index (χ2n) is 4.64. The molecule has 0 aliphatic heterocycles. The van der Waals surface area contributed by atoms with Crippen LogP contribution in [0.1, 0.15) is 18.4 Å². The van der Waals surface area contributed by atoms with Gasteiger partial charge in [-0.3, -0.25) is 15.4 Å². The van der Waals surface area contributed by atoms with Crippen molar-refractivity contribution in [1.82, 2.24) is 5.32 Å². The van der Waals surface area contributed by atoms with E-state index in [1.54, 1.807) is 19.1 Å². The van der Waals surface area contributed by atoms with Gasteiger partial charge in [-0.25, -0.2) is 0 Å². The highest BCUT2D eigenvalue weighted by atomic mass is 16.6. The van der Waals surface area contributed by atoms with Gasteiger partial charge in [-0.15, -0.1) is 0 Å². The molecule has 0 heterocycles. The second kappa shape index (κ2) is 5.67. The molecule has 100 valence electrons. The summed E-state index contributed by atoms with van der Waals surface area (Å²) in [6, 6.07) is 6.82. The number of nitro benzene ring substituents is 1. The summed E-state index contributed by atoms with van der Waals surface area (Å²) in [5.74, 6) is 0.543. The third-order valence-corrected chi connectivity index (χ3v) is 2.95. The lowest BCUT2D eigenvalue weighted by atomic mass is 10.2. The molecular formula is C13H15N3O3. The molecule has 1 N–H and O–H groups in total. The van der Waals surface area contributed by atoms with Gasteiger partial charge < -0.3 is 4.74 Å². The van der Waals surface area contributed by atoms with Crippen molar-refractivity contribution in [1.29, 1.82) is 5.26 Å². The van der Waals surface area contributed by atoms with Gasteiger partial charge in [0.25, 0.3) is 5.69 Å². The number of nitrogens with zero attached hydrogens (tertiary/aromatic N) is 2. The minimum atomic E-state index is -0.425. The molecule has 6 nitrogen and oxygen atoms in total. The van der Waals surface area contributed by atoms with Crippen LogP contribution in [0.4, 0.5) is 5.69 Å². The molecule has 6 heteroatoms. The zero-order valence-electron chi connectivity index (χ0n) is 10.6. The first-order chi connectivity index (χ1) is 9.10. The number of ether oxygens (including phenoxy) is 1. The van der Waals surface area contributed by atoms with Gasteiger partial charge in [0.2, 0.25) is 0 Å². The van der Waals surface area contributed by atoms with Crippen molar-refractivity contribution in [3.05, 3.63) is 33.9 Å². The van der Waals surface area contributed by atoms with Crippen molar-refractivity contribution in [2.75, 3.05) is 6.61 Å². The molecule has 19 heavy (non-hydrogen) atoms. The quantitative estimate of drug-likeness (QED) is 0.624. The van der Waals surface area contributed by atoms with Crippen LogP contribution >= 0.6 is 0 Å². The summed E-state index contributed by atoms with van der Waals surface area (Å²) in [4.78, 5) is 10.3. The zero-order chi connectivity index (χ0) is 13.8. The number of benzene rings is 1. The van der Waals surface area contributed by atoms with Crippen LogP contribution in [-0.4, -0.2) is 23.6 Å². The van der Waals surface area contributed by atoms with Crippen LogP contribution in [0.2, 0.25) is 0 Å². The third kappa shape index (κ3) is 3.66. The molecule has 1 fully saturated rings. The van der Waals surface area contributed by atoms with Crippen molar-refractivity contribution in [2.24, 2.45) is 0 Å². The maximum Gasteiger partial charge on any atom is 0.272 e. The summed E-state index contributed by atoms with van der Waals surface area (Å²) >= 11 is 0. The van der Waals surface area contributed by atoms with Gasteiger partial charge in [0.15, 0.2) is 0 Å². The number of rotatable bonds is 6. The normalized spacial score (nSPS) is 15.6. The van der Waals surface area contributed by atoms with Crippen molar-refractivity contribution in [3.8, 4) is 11.8 Å². The molecule has 1 aromatic rings. The Morgan fingerprint density at radius 3 is 2.89 bits per heavy atom. The van der Waals surface area contributed by atoms with E-state index < -0.39 is 4.92 Å². The molecule has 1 unspecified atom stereocenters. The minimum Gasteiger partial charge on any atom is -0.491 e. The second-order valence-corrected chi connectivity index (χ2v) is 4.64. The summed E-state index contributed by atoms with van der Waals surface area (Å²) in [6.07, 6.45) is 2.21. The van der Waals surface area contributed by atoms with Gasteiger partial charge in [0.05, 0.1) is 11.0 Å². The Kier molecular flexibility index (Phi) is 3.97. The molecule has 1 atom stereocenters. The topological polar surface area (TPSA) is 88.2 Å². The Morgan fingerprint density at radius 2 is 2.37 bits per heavy atom. The molecule has 0 bridgehead atoms. The molecule has 0 radical (unpaired) electrons. The van der Waals surface area contributed by atoms with Crippen LogP contribution in [0.5, 0.6) is 5.75 Å². The lowest BCUT2D eigenvalue weighted by Gasteiger charge is -2.12. The van der Waals surface area contributed by atoms with Crippen LogP contribution in [0, 0.1) is 28.4 Å². The standard InChI is InChI=1S/C13H15N3O3/c1-9-6-12(4-5-13(9)16(17)18)19-8-11(7-14)15-10-2-3-10/h4-6,10-11,15H,2-3,8H2,1H3. The first kappa shape index (κ1) is 13.3. The van der Waals surface area contributed by atoms with Crippen molar-refractivity contribution < 1.29 is 9.66 Å². The van der Waals surface area contributed by atoms with E-state index in [2.05, 4.69) is 11.4 Å². The Bertz CT molecular complexity index is 520. The molecule has 1 aromatic carbocycles. The van der Waals surface area contributed by atoms with Gasteiger partial charge >= 0.3 is 0 Å². The van der Waals surface area contributed by atoms with E-state index in [9.17, 15) is 10.1 Å². The molecule has 1 saturated carbocycles. The van der Waals surface area contributed by atoms with Gasteiger partial charge in [-0.1, -0.05) is 0 Å². The fourth-order valence-corrected chi connectivity index (χ4v) is 1.76. The number of hydrogen-bond donors (Lipinski definition) is 1. The summed E-state index contributed by atoms with van der Waals surface area (Å²) in [5.41, 5.74) is 0.617. The number of hydrogen-bond acceptors (Lipinski definition) is 5. The van der Waals surface area contributed by atoms with Gasteiger partial charge in [-0.2, -0.15) is 5.26 Å². The third-order valence-electron chi connectivity index (χ3n) is 2.95. The van der Waals surface area contributed by atoms with Crippen molar-refractivity contribution in [3.63, 3.8) is 0 Å². The number of nitriles is 1.